The summed E-state index contributed by atoms with van der Waals surface area (Å²) in [6, 6.07) is 0. The highest BCUT2D eigenvalue weighted by Gasteiger charge is 2.24. The van der Waals surface area contributed by atoms with E-state index in [-0.39, 0.29) is 5.97 Å². The summed E-state index contributed by atoms with van der Waals surface area (Å²) in [5.74, 6) is 1.38. The SMILES string of the molecule is CCC(=CCN1CCC(C(C)C)C1)C(=O)OC. The molecule has 0 aromatic rings. The summed E-state index contributed by atoms with van der Waals surface area (Å²) in [7, 11) is 1.44. The summed E-state index contributed by atoms with van der Waals surface area (Å²) in [5, 5.41) is 0. The number of carbonyl (C=O) groups is 1. The van der Waals surface area contributed by atoms with Crippen LogP contribution in [0, 0.1) is 11.8 Å². The fourth-order valence-electron chi connectivity index (χ4n) is 2.31. The largest absolute Gasteiger partial charge is 0.466 e. The van der Waals surface area contributed by atoms with Gasteiger partial charge in [0.2, 0.25) is 0 Å². The first-order valence-electron chi connectivity index (χ1n) is 6.58. The highest BCUT2D eigenvalue weighted by atomic mass is 16.5. The highest BCUT2D eigenvalue weighted by Crippen LogP contribution is 2.23. The van der Waals surface area contributed by atoms with Crippen molar-refractivity contribution < 1.29 is 9.53 Å². The third kappa shape index (κ3) is 4.15. The molecule has 1 aliphatic rings. The van der Waals surface area contributed by atoms with Crippen molar-refractivity contribution in [2.75, 3.05) is 26.7 Å². The van der Waals surface area contributed by atoms with Crippen molar-refractivity contribution in [3.05, 3.63) is 11.6 Å². The lowest BCUT2D eigenvalue weighted by Crippen LogP contribution is -2.22. The lowest BCUT2D eigenvalue weighted by molar-refractivity contribution is -0.136. The van der Waals surface area contributed by atoms with Gasteiger partial charge in [-0.25, -0.2) is 4.79 Å². The van der Waals surface area contributed by atoms with Gasteiger partial charge in [-0.2, -0.15) is 0 Å². The van der Waals surface area contributed by atoms with Crippen molar-refractivity contribution >= 4 is 5.97 Å². The molecule has 0 radical (unpaired) electrons. The topological polar surface area (TPSA) is 29.5 Å². The van der Waals surface area contributed by atoms with Crippen molar-refractivity contribution in [3.8, 4) is 0 Å². The van der Waals surface area contributed by atoms with E-state index in [0.29, 0.717) is 0 Å². The molecule has 0 aromatic heterocycles. The average Bonchev–Trinajstić information content (AvgIpc) is 2.78. The lowest BCUT2D eigenvalue weighted by Gasteiger charge is -2.16. The van der Waals surface area contributed by atoms with Crippen LogP contribution < -0.4 is 0 Å². The molecule has 17 heavy (non-hydrogen) atoms. The second kappa shape index (κ2) is 6.80. The molecular formula is C14H25NO2. The van der Waals surface area contributed by atoms with Crippen molar-refractivity contribution in [1.82, 2.24) is 4.90 Å². The predicted octanol–water partition coefficient (Wildman–Crippen LogP) is 2.47. The molecule has 3 nitrogen and oxygen atoms in total. The molecular weight excluding hydrogens is 214 g/mol. The smallest absolute Gasteiger partial charge is 0.333 e. The van der Waals surface area contributed by atoms with Crippen molar-refractivity contribution in [1.29, 1.82) is 0 Å². The molecule has 1 saturated heterocycles. The Morgan fingerprint density at radius 2 is 2.24 bits per heavy atom. The first-order chi connectivity index (χ1) is 8.08. The van der Waals surface area contributed by atoms with Gasteiger partial charge in [-0.1, -0.05) is 26.8 Å². The molecule has 1 atom stereocenters. The van der Waals surface area contributed by atoms with Gasteiger partial charge in [0.05, 0.1) is 7.11 Å². The molecule has 98 valence electrons. The molecule has 3 heteroatoms. The van der Waals surface area contributed by atoms with Crippen LogP contribution in [0.2, 0.25) is 0 Å². The van der Waals surface area contributed by atoms with Gasteiger partial charge in [-0.15, -0.1) is 0 Å². The van der Waals surface area contributed by atoms with Crippen molar-refractivity contribution in [2.45, 2.75) is 33.6 Å². The van der Waals surface area contributed by atoms with E-state index >= 15 is 0 Å². The molecule has 0 bridgehead atoms. The first-order valence-corrected chi connectivity index (χ1v) is 6.58. The van der Waals surface area contributed by atoms with Gasteiger partial charge in [0, 0.05) is 18.7 Å². The number of methoxy groups -OCH3 is 1. The number of rotatable bonds is 5. The second-order valence-electron chi connectivity index (χ2n) is 5.13. The van der Waals surface area contributed by atoms with Crippen LogP contribution >= 0.6 is 0 Å². The number of hydrogen-bond acceptors (Lipinski definition) is 3. The van der Waals surface area contributed by atoms with Crippen LogP contribution in [0.5, 0.6) is 0 Å². The first kappa shape index (κ1) is 14.2. The second-order valence-corrected chi connectivity index (χ2v) is 5.13. The summed E-state index contributed by atoms with van der Waals surface area (Å²) in [6.45, 7) is 9.75. The van der Waals surface area contributed by atoms with Crippen LogP contribution in [0.1, 0.15) is 33.6 Å². The maximum Gasteiger partial charge on any atom is 0.333 e. The third-order valence-corrected chi connectivity index (χ3v) is 3.68. The van der Waals surface area contributed by atoms with E-state index in [9.17, 15) is 4.79 Å². The van der Waals surface area contributed by atoms with Gasteiger partial charge >= 0.3 is 5.97 Å². The molecule has 1 heterocycles. The number of esters is 1. The number of hydrogen-bond donors (Lipinski definition) is 0. The Hall–Kier alpha value is -0.830. The molecule has 1 fully saturated rings. The van der Waals surface area contributed by atoms with Crippen LogP contribution in [0.4, 0.5) is 0 Å². The van der Waals surface area contributed by atoms with Gasteiger partial charge < -0.3 is 4.74 Å². The number of nitrogens with zero attached hydrogens (tertiary/aromatic N) is 1. The van der Waals surface area contributed by atoms with E-state index in [0.717, 1.165) is 43.5 Å². The van der Waals surface area contributed by atoms with E-state index in [1.54, 1.807) is 0 Å². The minimum absolute atomic E-state index is 0.188. The van der Waals surface area contributed by atoms with Crippen molar-refractivity contribution in [3.63, 3.8) is 0 Å². The molecule has 0 spiro atoms. The quantitative estimate of drug-likeness (QED) is 0.545. The van der Waals surface area contributed by atoms with Crippen molar-refractivity contribution in [2.24, 2.45) is 11.8 Å². The Balaban J connectivity index is 2.45. The number of carbonyl (C=O) groups excluding carboxylic acids is 1. The van der Waals surface area contributed by atoms with E-state index in [1.807, 2.05) is 13.0 Å². The highest BCUT2D eigenvalue weighted by molar-refractivity contribution is 5.88. The summed E-state index contributed by atoms with van der Waals surface area (Å²) >= 11 is 0. The van der Waals surface area contributed by atoms with Gasteiger partial charge in [-0.05, 0) is 31.2 Å². The Morgan fingerprint density at radius 1 is 1.53 bits per heavy atom. The zero-order valence-electron chi connectivity index (χ0n) is 11.5. The minimum Gasteiger partial charge on any atom is -0.466 e. The predicted molar refractivity (Wildman–Crippen MR) is 69.8 cm³/mol. The maximum atomic E-state index is 11.4. The molecule has 0 aromatic carbocycles. The monoisotopic (exact) mass is 239 g/mol. The van der Waals surface area contributed by atoms with Crippen LogP contribution in [-0.4, -0.2) is 37.6 Å². The Labute approximate surface area is 105 Å². The molecule has 0 saturated carbocycles. The Bertz CT molecular complexity index is 284. The summed E-state index contributed by atoms with van der Waals surface area (Å²) < 4.78 is 4.75. The molecule has 1 unspecified atom stereocenters. The average molecular weight is 239 g/mol. The zero-order valence-corrected chi connectivity index (χ0v) is 11.5. The van der Waals surface area contributed by atoms with Crippen LogP contribution in [0.25, 0.3) is 0 Å². The zero-order chi connectivity index (χ0) is 12.8. The maximum absolute atomic E-state index is 11.4. The van der Waals surface area contributed by atoms with Crippen LogP contribution in [0.3, 0.4) is 0 Å². The van der Waals surface area contributed by atoms with Crippen LogP contribution in [-0.2, 0) is 9.53 Å². The van der Waals surface area contributed by atoms with E-state index < -0.39 is 0 Å². The summed E-state index contributed by atoms with van der Waals surface area (Å²) in [4.78, 5) is 13.8. The number of likely N-dealkylation sites (tertiary alicyclic amines) is 1. The van der Waals surface area contributed by atoms with Gasteiger partial charge in [0.15, 0.2) is 0 Å². The van der Waals surface area contributed by atoms with Crippen LogP contribution in [0.15, 0.2) is 11.6 Å². The Kier molecular flexibility index (Phi) is 5.69. The normalized spacial score (nSPS) is 22.2. The standard InChI is InChI=1S/C14H25NO2/c1-5-12(14(16)17-4)6-8-15-9-7-13(10-15)11(2)3/h6,11,13H,5,7-10H2,1-4H3. The molecule has 0 N–H and O–H groups in total. The van der Waals surface area contributed by atoms with E-state index in [2.05, 4.69) is 18.7 Å². The Morgan fingerprint density at radius 3 is 2.71 bits per heavy atom. The number of ether oxygens (including phenoxy) is 1. The molecule has 1 aliphatic heterocycles. The van der Waals surface area contributed by atoms with E-state index in [4.69, 9.17) is 4.74 Å². The van der Waals surface area contributed by atoms with Gasteiger partial charge in [0.1, 0.15) is 0 Å². The molecule has 0 aliphatic carbocycles. The minimum atomic E-state index is -0.188. The summed E-state index contributed by atoms with van der Waals surface area (Å²) in [6.07, 6.45) is 4.05. The van der Waals surface area contributed by atoms with E-state index in [1.165, 1.54) is 13.5 Å². The van der Waals surface area contributed by atoms with Gasteiger partial charge in [0.25, 0.3) is 0 Å². The third-order valence-electron chi connectivity index (χ3n) is 3.68. The molecule has 0 amide bonds. The lowest BCUT2D eigenvalue weighted by atomic mass is 9.95. The fraction of sp³-hybridized carbons (Fsp3) is 0.786. The summed E-state index contributed by atoms with van der Waals surface area (Å²) in [5.41, 5.74) is 0.792. The molecule has 1 rings (SSSR count). The van der Waals surface area contributed by atoms with Gasteiger partial charge in [-0.3, -0.25) is 4.90 Å². The fourth-order valence-corrected chi connectivity index (χ4v) is 2.31.